The Morgan fingerprint density at radius 1 is 0.733 bits per heavy atom. The summed E-state index contributed by atoms with van der Waals surface area (Å²) in [7, 11) is 3.21. The summed E-state index contributed by atoms with van der Waals surface area (Å²) < 4.78 is 19.6. The SMILES string of the molecule is C=C(C)C(=O)OC(=O)CNCOCCSSCCOCNCC(=O)OC(=O)C(=C)C. The van der Waals surface area contributed by atoms with Crippen LogP contribution in [0, 0.1) is 0 Å². The minimum Gasteiger partial charge on any atom is -0.389 e. The number of ether oxygens (including phenoxy) is 4. The molecule has 0 heterocycles. The molecule has 0 saturated heterocycles. The fourth-order valence-electron chi connectivity index (χ4n) is 1.35. The van der Waals surface area contributed by atoms with Gasteiger partial charge in [-0.05, 0) is 13.8 Å². The van der Waals surface area contributed by atoms with Crippen molar-refractivity contribution in [1.29, 1.82) is 0 Å². The highest BCUT2D eigenvalue weighted by Gasteiger charge is 2.10. The third-order valence-electron chi connectivity index (χ3n) is 2.76. The number of rotatable bonds is 17. The topological polar surface area (TPSA) is 129 Å². The maximum atomic E-state index is 11.3. The van der Waals surface area contributed by atoms with Gasteiger partial charge in [0.1, 0.15) is 0 Å². The highest BCUT2D eigenvalue weighted by Crippen LogP contribution is 2.19. The van der Waals surface area contributed by atoms with Gasteiger partial charge in [0.15, 0.2) is 0 Å². The first kappa shape index (κ1) is 28.3. The molecule has 0 radical (unpaired) electrons. The van der Waals surface area contributed by atoms with Crippen molar-refractivity contribution >= 4 is 45.5 Å². The van der Waals surface area contributed by atoms with Crippen LogP contribution in [0.15, 0.2) is 24.3 Å². The van der Waals surface area contributed by atoms with Crippen molar-refractivity contribution in [3.63, 3.8) is 0 Å². The second kappa shape index (κ2) is 18.1. The minimum atomic E-state index is -0.742. The quantitative estimate of drug-likeness (QED) is 0.0788. The zero-order chi connectivity index (χ0) is 22.8. The van der Waals surface area contributed by atoms with Crippen molar-refractivity contribution in [2.45, 2.75) is 13.8 Å². The van der Waals surface area contributed by atoms with Crippen LogP contribution in [0.3, 0.4) is 0 Å². The smallest absolute Gasteiger partial charge is 0.340 e. The minimum absolute atomic E-state index is 0.131. The average Bonchev–Trinajstić information content (AvgIpc) is 2.67. The Morgan fingerprint density at radius 3 is 1.43 bits per heavy atom. The monoisotopic (exact) mass is 464 g/mol. The summed E-state index contributed by atoms with van der Waals surface area (Å²) in [6, 6.07) is 0. The largest absolute Gasteiger partial charge is 0.389 e. The van der Waals surface area contributed by atoms with Crippen molar-refractivity contribution in [2.24, 2.45) is 0 Å². The van der Waals surface area contributed by atoms with Gasteiger partial charge in [0, 0.05) is 22.7 Å². The van der Waals surface area contributed by atoms with Crippen LogP contribution in [0.5, 0.6) is 0 Å². The molecule has 0 bridgehead atoms. The molecule has 0 spiro atoms. The van der Waals surface area contributed by atoms with E-state index in [-0.39, 0.29) is 37.7 Å². The molecule has 0 aromatic heterocycles. The molecule has 170 valence electrons. The molecule has 0 aliphatic carbocycles. The van der Waals surface area contributed by atoms with Crippen LogP contribution in [-0.4, -0.2) is 75.1 Å². The van der Waals surface area contributed by atoms with Crippen molar-refractivity contribution in [1.82, 2.24) is 10.6 Å². The summed E-state index contributed by atoms with van der Waals surface area (Å²) >= 11 is 0. The van der Waals surface area contributed by atoms with Gasteiger partial charge in [0.05, 0.1) is 39.8 Å². The number of nitrogens with one attached hydrogen (secondary N) is 2. The van der Waals surface area contributed by atoms with Crippen LogP contribution in [0.1, 0.15) is 13.8 Å². The molecular formula is C18H28N2O8S2. The van der Waals surface area contributed by atoms with Gasteiger partial charge in [-0.2, -0.15) is 0 Å². The molecular weight excluding hydrogens is 436 g/mol. The molecule has 12 heteroatoms. The van der Waals surface area contributed by atoms with Gasteiger partial charge in [-0.15, -0.1) is 0 Å². The maximum absolute atomic E-state index is 11.3. The fraction of sp³-hybridized carbons (Fsp3) is 0.556. The Hall–Kier alpha value is -1.70. The van der Waals surface area contributed by atoms with E-state index in [1.54, 1.807) is 21.6 Å². The van der Waals surface area contributed by atoms with E-state index in [0.717, 1.165) is 11.5 Å². The molecule has 0 aliphatic rings. The van der Waals surface area contributed by atoms with Crippen molar-refractivity contribution in [3.8, 4) is 0 Å². The Bertz CT molecular complexity index is 561. The van der Waals surface area contributed by atoms with E-state index >= 15 is 0 Å². The summed E-state index contributed by atoms with van der Waals surface area (Å²) in [5, 5.41) is 5.41. The summed E-state index contributed by atoms with van der Waals surface area (Å²) in [6.45, 7) is 10.7. The molecule has 0 amide bonds. The van der Waals surface area contributed by atoms with Gasteiger partial charge in [-0.1, -0.05) is 34.7 Å². The molecule has 0 aromatic rings. The molecule has 0 unspecified atom stereocenters. The molecule has 0 aromatic carbocycles. The first-order valence-corrected chi connectivity index (χ1v) is 11.3. The number of hydrogen-bond donors (Lipinski definition) is 2. The Labute approximate surface area is 183 Å². The zero-order valence-electron chi connectivity index (χ0n) is 17.2. The van der Waals surface area contributed by atoms with Crippen molar-refractivity contribution in [3.05, 3.63) is 24.3 Å². The first-order chi connectivity index (χ1) is 14.2. The van der Waals surface area contributed by atoms with Crippen LogP contribution in [0.4, 0.5) is 0 Å². The highest BCUT2D eigenvalue weighted by molar-refractivity contribution is 8.76. The van der Waals surface area contributed by atoms with Gasteiger partial charge in [0.2, 0.25) is 0 Å². The van der Waals surface area contributed by atoms with Gasteiger partial charge in [0.25, 0.3) is 0 Å². The Kier molecular flexibility index (Phi) is 17.1. The highest BCUT2D eigenvalue weighted by atomic mass is 33.1. The summed E-state index contributed by atoms with van der Waals surface area (Å²) in [4.78, 5) is 44.8. The number of carbonyl (C=O) groups is 4. The van der Waals surface area contributed by atoms with Crippen LogP contribution < -0.4 is 10.6 Å². The number of hydrogen-bond acceptors (Lipinski definition) is 12. The van der Waals surface area contributed by atoms with Crippen LogP contribution >= 0.6 is 21.6 Å². The predicted molar refractivity (Wildman–Crippen MR) is 114 cm³/mol. The molecule has 30 heavy (non-hydrogen) atoms. The third-order valence-corrected chi connectivity index (χ3v) is 5.10. The second-order valence-corrected chi connectivity index (χ2v) is 8.39. The first-order valence-electron chi connectivity index (χ1n) is 8.86. The van der Waals surface area contributed by atoms with Crippen LogP contribution in [-0.2, 0) is 38.1 Å². The second-order valence-electron chi connectivity index (χ2n) is 5.69. The lowest BCUT2D eigenvalue weighted by Gasteiger charge is -2.07. The number of esters is 4. The molecule has 0 fully saturated rings. The van der Waals surface area contributed by atoms with Gasteiger partial charge in [-0.3, -0.25) is 20.2 Å². The summed E-state index contributed by atoms with van der Waals surface area (Å²) in [5.41, 5.74) is 0.319. The van der Waals surface area contributed by atoms with E-state index in [9.17, 15) is 19.2 Å². The van der Waals surface area contributed by atoms with E-state index in [2.05, 4.69) is 33.3 Å². The van der Waals surface area contributed by atoms with E-state index in [1.165, 1.54) is 13.8 Å². The van der Waals surface area contributed by atoms with E-state index in [4.69, 9.17) is 9.47 Å². The normalized spacial score (nSPS) is 10.3. The molecule has 0 atom stereocenters. The fourth-order valence-corrected chi connectivity index (χ4v) is 3.07. The van der Waals surface area contributed by atoms with E-state index in [0.29, 0.717) is 13.2 Å². The van der Waals surface area contributed by atoms with E-state index in [1.807, 2.05) is 0 Å². The molecule has 2 N–H and O–H groups in total. The van der Waals surface area contributed by atoms with Crippen LogP contribution in [0.2, 0.25) is 0 Å². The lowest BCUT2D eigenvalue weighted by Crippen LogP contribution is -2.29. The third kappa shape index (κ3) is 17.2. The predicted octanol–water partition coefficient (Wildman–Crippen LogP) is 0.787. The average molecular weight is 465 g/mol. The molecule has 0 rings (SSSR count). The molecule has 0 aliphatic heterocycles. The lowest BCUT2D eigenvalue weighted by molar-refractivity contribution is -0.158. The standard InChI is InChI=1S/C18H28N2O8S2/c1-13(2)17(23)27-15(21)9-19-11-25-5-7-29-30-8-6-26-12-20-10-16(22)28-18(24)14(3)4/h19-20H,1,3,5-12H2,2,4H3. The zero-order valence-corrected chi connectivity index (χ0v) is 18.8. The Balaban J connectivity index is 3.35. The summed E-state index contributed by atoms with van der Waals surface area (Å²) in [5.74, 6) is -1.38. The van der Waals surface area contributed by atoms with E-state index < -0.39 is 23.9 Å². The summed E-state index contributed by atoms with van der Waals surface area (Å²) in [6.07, 6.45) is 0. The van der Waals surface area contributed by atoms with Gasteiger partial charge >= 0.3 is 23.9 Å². The molecule has 0 saturated carbocycles. The molecule has 10 nitrogen and oxygen atoms in total. The van der Waals surface area contributed by atoms with Crippen molar-refractivity contribution < 1.29 is 38.1 Å². The van der Waals surface area contributed by atoms with Crippen LogP contribution in [0.25, 0.3) is 0 Å². The van der Waals surface area contributed by atoms with Gasteiger partial charge in [-0.25, -0.2) is 9.59 Å². The maximum Gasteiger partial charge on any atom is 0.340 e. The Morgan fingerprint density at radius 2 is 1.10 bits per heavy atom. The lowest BCUT2D eigenvalue weighted by atomic mass is 10.4. The van der Waals surface area contributed by atoms with Gasteiger partial charge < -0.3 is 18.9 Å². The number of carbonyl (C=O) groups excluding carboxylic acids is 4. The van der Waals surface area contributed by atoms with Crippen molar-refractivity contribution in [2.75, 3.05) is 51.3 Å².